The number of nitrogen functional groups attached to an aromatic ring is 1. The minimum atomic E-state index is 0.157. The molecule has 0 heterocycles. The first-order valence-electron chi connectivity index (χ1n) is 4.63. The van der Waals surface area contributed by atoms with Gasteiger partial charge in [-0.15, -0.1) is 0 Å². The third-order valence-corrected chi connectivity index (χ3v) is 2.83. The third kappa shape index (κ3) is 2.58. The number of anilines is 1. The highest BCUT2D eigenvalue weighted by atomic mass is 79.9. The van der Waals surface area contributed by atoms with Crippen LogP contribution in [-0.2, 0) is 17.6 Å². The largest absolute Gasteiger partial charge is 0.398 e. The molecule has 0 radical (unpaired) electrons. The minimum Gasteiger partial charge on any atom is -0.398 e. The SMILES string of the molecule is CCc1cccc(CC(=O)CBr)c1N. The van der Waals surface area contributed by atoms with E-state index in [1.807, 2.05) is 18.2 Å². The molecule has 3 heteroatoms. The molecular formula is C11H14BrNO. The Morgan fingerprint density at radius 2 is 2.07 bits per heavy atom. The van der Waals surface area contributed by atoms with Gasteiger partial charge in [-0.25, -0.2) is 0 Å². The number of rotatable bonds is 4. The molecule has 0 fully saturated rings. The fourth-order valence-electron chi connectivity index (χ4n) is 1.39. The first kappa shape index (κ1) is 11.2. The van der Waals surface area contributed by atoms with Gasteiger partial charge < -0.3 is 5.73 Å². The maximum Gasteiger partial charge on any atom is 0.147 e. The molecule has 0 aromatic heterocycles. The molecule has 0 bridgehead atoms. The van der Waals surface area contributed by atoms with Crippen LogP contribution in [0.4, 0.5) is 5.69 Å². The molecule has 0 aliphatic heterocycles. The zero-order valence-electron chi connectivity index (χ0n) is 8.22. The van der Waals surface area contributed by atoms with Gasteiger partial charge in [-0.2, -0.15) is 0 Å². The summed E-state index contributed by atoms with van der Waals surface area (Å²) in [6.45, 7) is 2.06. The van der Waals surface area contributed by atoms with E-state index in [9.17, 15) is 4.79 Å². The van der Waals surface area contributed by atoms with Crippen molar-refractivity contribution in [3.05, 3.63) is 29.3 Å². The van der Waals surface area contributed by atoms with Crippen molar-refractivity contribution in [1.82, 2.24) is 0 Å². The molecule has 76 valence electrons. The number of halogens is 1. The maximum atomic E-state index is 11.2. The summed E-state index contributed by atoms with van der Waals surface area (Å²) >= 11 is 3.14. The molecule has 14 heavy (non-hydrogen) atoms. The quantitative estimate of drug-likeness (QED) is 0.663. The Morgan fingerprint density at radius 1 is 1.43 bits per heavy atom. The van der Waals surface area contributed by atoms with Crippen molar-refractivity contribution in [1.29, 1.82) is 0 Å². The van der Waals surface area contributed by atoms with Crippen LogP contribution < -0.4 is 5.73 Å². The number of benzene rings is 1. The zero-order chi connectivity index (χ0) is 10.6. The molecule has 0 amide bonds. The van der Waals surface area contributed by atoms with Gasteiger partial charge in [-0.05, 0) is 17.5 Å². The van der Waals surface area contributed by atoms with E-state index in [1.54, 1.807) is 0 Å². The van der Waals surface area contributed by atoms with Gasteiger partial charge in [0.05, 0.1) is 5.33 Å². The monoisotopic (exact) mass is 255 g/mol. The lowest BCUT2D eigenvalue weighted by atomic mass is 10.0. The number of carbonyl (C=O) groups excluding carboxylic acids is 1. The van der Waals surface area contributed by atoms with Crippen molar-refractivity contribution in [2.45, 2.75) is 19.8 Å². The van der Waals surface area contributed by atoms with E-state index in [1.165, 1.54) is 0 Å². The molecule has 1 aromatic carbocycles. The Kier molecular flexibility index (Phi) is 4.14. The summed E-state index contributed by atoms with van der Waals surface area (Å²) in [7, 11) is 0. The molecule has 0 aliphatic carbocycles. The second kappa shape index (κ2) is 5.15. The van der Waals surface area contributed by atoms with Crippen molar-refractivity contribution in [3.63, 3.8) is 0 Å². The van der Waals surface area contributed by atoms with Gasteiger partial charge in [0.1, 0.15) is 5.78 Å². The highest BCUT2D eigenvalue weighted by molar-refractivity contribution is 9.09. The fraction of sp³-hybridized carbons (Fsp3) is 0.364. The van der Waals surface area contributed by atoms with E-state index in [0.717, 1.165) is 23.2 Å². The Balaban J connectivity index is 2.92. The van der Waals surface area contributed by atoms with Crippen LogP contribution >= 0.6 is 15.9 Å². The molecule has 0 aliphatic rings. The van der Waals surface area contributed by atoms with Crippen LogP contribution in [0.2, 0.25) is 0 Å². The number of ketones is 1. The fourth-order valence-corrected chi connectivity index (χ4v) is 1.59. The van der Waals surface area contributed by atoms with Gasteiger partial charge in [0, 0.05) is 12.1 Å². The molecule has 0 unspecified atom stereocenters. The Morgan fingerprint density at radius 3 is 2.64 bits per heavy atom. The third-order valence-electron chi connectivity index (χ3n) is 2.20. The molecule has 0 atom stereocenters. The second-order valence-corrected chi connectivity index (χ2v) is 3.75. The summed E-state index contributed by atoms with van der Waals surface area (Å²) in [5, 5.41) is 0.392. The van der Waals surface area contributed by atoms with Crippen molar-refractivity contribution in [2.75, 3.05) is 11.1 Å². The normalized spacial score (nSPS) is 10.1. The highest BCUT2D eigenvalue weighted by Crippen LogP contribution is 2.18. The van der Waals surface area contributed by atoms with Gasteiger partial charge in [0.25, 0.3) is 0 Å². The number of para-hydroxylation sites is 1. The molecule has 2 nitrogen and oxygen atoms in total. The van der Waals surface area contributed by atoms with E-state index in [4.69, 9.17) is 5.73 Å². The summed E-state index contributed by atoms with van der Waals surface area (Å²) < 4.78 is 0. The smallest absolute Gasteiger partial charge is 0.147 e. The van der Waals surface area contributed by atoms with Gasteiger partial charge in [-0.1, -0.05) is 41.1 Å². The lowest BCUT2D eigenvalue weighted by Crippen LogP contribution is -2.07. The lowest BCUT2D eigenvalue weighted by molar-refractivity contribution is -0.115. The standard InChI is InChI=1S/C11H14BrNO/c1-2-8-4-3-5-9(11(8)13)6-10(14)7-12/h3-5H,2,6-7,13H2,1H3. The summed E-state index contributed by atoms with van der Waals surface area (Å²) in [5.74, 6) is 0.157. The second-order valence-electron chi connectivity index (χ2n) is 3.19. The first-order chi connectivity index (χ1) is 6.69. The highest BCUT2D eigenvalue weighted by Gasteiger charge is 2.07. The average molecular weight is 256 g/mol. The minimum absolute atomic E-state index is 0.157. The number of carbonyl (C=O) groups is 1. The van der Waals surface area contributed by atoms with Gasteiger partial charge in [0.2, 0.25) is 0 Å². The van der Waals surface area contributed by atoms with E-state index in [2.05, 4.69) is 22.9 Å². The molecule has 1 aromatic rings. The van der Waals surface area contributed by atoms with E-state index in [-0.39, 0.29) is 5.78 Å². The van der Waals surface area contributed by atoms with Crippen LogP contribution in [-0.4, -0.2) is 11.1 Å². The van der Waals surface area contributed by atoms with Crippen LogP contribution in [0.25, 0.3) is 0 Å². The molecule has 2 N–H and O–H groups in total. The van der Waals surface area contributed by atoms with Gasteiger partial charge >= 0.3 is 0 Å². The van der Waals surface area contributed by atoms with Crippen LogP contribution in [0.15, 0.2) is 18.2 Å². The Bertz CT molecular complexity index is 336. The van der Waals surface area contributed by atoms with E-state index >= 15 is 0 Å². The van der Waals surface area contributed by atoms with Crippen LogP contribution in [0.3, 0.4) is 0 Å². The number of hydrogen-bond donors (Lipinski definition) is 1. The number of Topliss-reactive ketones (excluding diaryl/α,β-unsaturated/α-hetero) is 1. The Labute approximate surface area is 92.6 Å². The van der Waals surface area contributed by atoms with Crippen molar-refractivity contribution >= 4 is 27.4 Å². The van der Waals surface area contributed by atoms with Gasteiger partial charge in [0.15, 0.2) is 0 Å². The number of aryl methyl sites for hydroxylation is 1. The van der Waals surface area contributed by atoms with Gasteiger partial charge in [-0.3, -0.25) is 4.79 Å². The molecular weight excluding hydrogens is 242 g/mol. The maximum absolute atomic E-state index is 11.2. The molecule has 0 saturated heterocycles. The number of alkyl halides is 1. The number of nitrogens with two attached hydrogens (primary N) is 1. The predicted octanol–water partition coefficient (Wildman–Crippen LogP) is 2.34. The predicted molar refractivity (Wildman–Crippen MR) is 62.7 cm³/mol. The molecule has 0 spiro atoms. The average Bonchev–Trinajstić information content (AvgIpc) is 2.21. The van der Waals surface area contributed by atoms with E-state index in [0.29, 0.717) is 11.8 Å². The molecule has 0 saturated carbocycles. The summed E-state index contributed by atoms with van der Waals surface area (Å²) in [6, 6.07) is 5.86. The van der Waals surface area contributed by atoms with Crippen molar-refractivity contribution in [3.8, 4) is 0 Å². The van der Waals surface area contributed by atoms with Crippen molar-refractivity contribution in [2.24, 2.45) is 0 Å². The van der Waals surface area contributed by atoms with Crippen molar-refractivity contribution < 1.29 is 4.79 Å². The summed E-state index contributed by atoms with van der Waals surface area (Å²) in [6.07, 6.45) is 1.33. The van der Waals surface area contributed by atoms with E-state index < -0.39 is 0 Å². The van der Waals surface area contributed by atoms with Crippen LogP contribution in [0, 0.1) is 0 Å². The lowest BCUT2D eigenvalue weighted by Gasteiger charge is -2.08. The summed E-state index contributed by atoms with van der Waals surface area (Å²) in [5.41, 5.74) is 8.75. The topological polar surface area (TPSA) is 43.1 Å². The first-order valence-corrected chi connectivity index (χ1v) is 5.75. The number of hydrogen-bond acceptors (Lipinski definition) is 2. The van der Waals surface area contributed by atoms with Crippen LogP contribution in [0.1, 0.15) is 18.1 Å². The molecule has 1 rings (SSSR count). The Hall–Kier alpha value is -0.830. The zero-order valence-corrected chi connectivity index (χ0v) is 9.80. The van der Waals surface area contributed by atoms with Crippen LogP contribution in [0.5, 0.6) is 0 Å². The summed E-state index contributed by atoms with van der Waals surface area (Å²) in [4.78, 5) is 11.2.